The smallest absolute Gasteiger partial charge is 0.233 e. The Morgan fingerprint density at radius 1 is 1.13 bits per heavy atom. The number of thioether (sulfide) groups is 1. The largest absolute Gasteiger partial charge is 0.497 e. The van der Waals surface area contributed by atoms with Crippen molar-refractivity contribution < 1.29 is 14.3 Å². The van der Waals surface area contributed by atoms with Gasteiger partial charge in [0.2, 0.25) is 5.91 Å². The number of aromatic nitrogens is 3. The van der Waals surface area contributed by atoms with E-state index < -0.39 is 0 Å². The van der Waals surface area contributed by atoms with Gasteiger partial charge in [0.05, 0.1) is 26.0 Å². The average Bonchev–Trinajstić information content (AvgIpc) is 3.71. The van der Waals surface area contributed by atoms with Gasteiger partial charge in [-0.15, -0.1) is 10.2 Å². The van der Waals surface area contributed by atoms with E-state index in [-0.39, 0.29) is 11.9 Å². The second kappa shape index (κ2) is 8.13. The highest BCUT2D eigenvalue weighted by molar-refractivity contribution is 7.99. The maximum Gasteiger partial charge on any atom is 0.233 e. The van der Waals surface area contributed by atoms with Gasteiger partial charge in [-0.05, 0) is 56.7 Å². The molecule has 0 unspecified atom stereocenters. The van der Waals surface area contributed by atoms with Crippen molar-refractivity contribution in [1.82, 2.24) is 19.7 Å². The molecule has 1 amide bonds. The predicted molar refractivity (Wildman–Crippen MR) is 114 cm³/mol. The van der Waals surface area contributed by atoms with E-state index in [1.54, 1.807) is 14.2 Å². The van der Waals surface area contributed by atoms with E-state index in [1.165, 1.54) is 37.4 Å². The van der Waals surface area contributed by atoms with Crippen LogP contribution >= 0.6 is 11.8 Å². The molecule has 2 aliphatic carbocycles. The fraction of sp³-hybridized carbons (Fsp3) is 0.591. The topological polar surface area (TPSA) is 69.5 Å². The standard InChI is InChI=1S/C22H28N4O3S/c1-28-16-9-10-19(29-2)17(12-16)18-4-3-11-25(18)20(27)13-30-22-24-23-21(14-5-6-14)26(22)15-7-8-15/h9-10,12,14-15,18H,3-8,11,13H2,1-2H3/t18-/m0/s1. The van der Waals surface area contributed by atoms with Crippen LogP contribution in [0, 0.1) is 0 Å². The normalized spacial score (nSPS) is 21.1. The first-order chi connectivity index (χ1) is 14.7. The molecule has 7 nitrogen and oxygen atoms in total. The van der Waals surface area contributed by atoms with Gasteiger partial charge in [0.15, 0.2) is 5.16 Å². The molecule has 1 aromatic heterocycles. The van der Waals surface area contributed by atoms with Crippen LogP contribution in [0.5, 0.6) is 11.5 Å². The molecule has 0 radical (unpaired) electrons. The van der Waals surface area contributed by atoms with Crippen LogP contribution in [0.4, 0.5) is 0 Å². The Morgan fingerprint density at radius 2 is 1.97 bits per heavy atom. The van der Waals surface area contributed by atoms with E-state index in [0.717, 1.165) is 47.4 Å². The number of likely N-dealkylation sites (tertiary alicyclic amines) is 1. The molecule has 5 rings (SSSR count). The van der Waals surface area contributed by atoms with Crippen molar-refractivity contribution in [2.75, 3.05) is 26.5 Å². The Balaban J connectivity index is 1.31. The maximum atomic E-state index is 13.2. The quantitative estimate of drug-likeness (QED) is 0.593. The van der Waals surface area contributed by atoms with Gasteiger partial charge in [0.25, 0.3) is 0 Å². The highest BCUT2D eigenvalue weighted by atomic mass is 32.2. The van der Waals surface area contributed by atoms with E-state index in [1.807, 2.05) is 23.1 Å². The third kappa shape index (κ3) is 3.77. The number of carbonyl (C=O) groups is 1. The minimum Gasteiger partial charge on any atom is -0.497 e. The summed E-state index contributed by atoms with van der Waals surface area (Å²) < 4.78 is 13.3. The van der Waals surface area contributed by atoms with Crippen molar-refractivity contribution in [1.29, 1.82) is 0 Å². The van der Waals surface area contributed by atoms with Gasteiger partial charge < -0.3 is 18.9 Å². The van der Waals surface area contributed by atoms with Crippen molar-refractivity contribution in [2.24, 2.45) is 0 Å². The number of ether oxygens (including phenoxy) is 2. The average molecular weight is 429 g/mol. The summed E-state index contributed by atoms with van der Waals surface area (Å²) in [6.45, 7) is 0.771. The first-order valence-electron chi connectivity index (χ1n) is 10.8. The monoisotopic (exact) mass is 428 g/mol. The SMILES string of the molecule is COc1ccc(OC)c([C@@H]2CCCN2C(=O)CSc2nnc(C3CC3)n2C2CC2)c1. The molecule has 2 aromatic rings. The summed E-state index contributed by atoms with van der Waals surface area (Å²) in [4.78, 5) is 15.2. The second-order valence-corrected chi connectivity index (χ2v) is 9.30. The molecule has 3 aliphatic rings. The summed E-state index contributed by atoms with van der Waals surface area (Å²) in [5, 5.41) is 9.79. The maximum absolute atomic E-state index is 13.2. The van der Waals surface area contributed by atoms with Crippen LogP contribution in [0.15, 0.2) is 23.4 Å². The Bertz CT molecular complexity index is 938. The van der Waals surface area contributed by atoms with Crippen LogP contribution in [0.1, 0.15) is 67.9 Å². The zero-order valence-corrected chi connectivity index (χ0v) is 18.4. The van der Waals surface area contributed by atoms with Crippen LogP contribution < -0.4 is 9.47 Å². The minimum absolute atomic E-state index is 0.0199. The summed E-state index contributed by atoms with van der Waals surface area (Å²) in [5.41, 5.74) is 1.02. The van der Waals surface area contributed by atoms with E-state index in [9.17, 15) is 4.79 Å². The molecular formula is C22H28N4O3S. The van der Waals surface area contributed by atoms with Crippen molar-refractivity contribution >= 4 is 17.7 Å². The van der Waals surface area contributed by atoms with Crippen molar-refractivity contribution in [3.63, 3.8) is 0 Å². The number of methoxy groups -OCH3 is 2. The lowest BCUT2D eigenvalue weighted by molar-refractivity contribution is -0.129. The lowest BCUT2D eigenvalue weighted by atomic mass is 10.0. The van der Waals surface area contributed by atoms with Gasteiger partial charge in [0, 0.05) is 24.1 Å². The molecule has 160 valence electrons. The van der Waals surface area contributed by atoms with E-state index in [0.29, 0.717) is 17.7 Å². The van der Waals surface area contributed by atoms with Gasteiger partial charge in [-0.25, -0.2) is 0 Å². The van der Waals surface area contributed by atoms with Crippen molar-refractivity contribution in [2.45, 2.75) is 61.7 Å². The number of amides is 1. The summed E-state index contributed by atoms with van der Waals surface area (Å²) in [6.07, 6.45) is 6.75. The van der Waals surface area contributed by atoms with Gasteiger partial charge in [-0.1, -0.05) is 11.8 Å². The third-order valence-electron chi connectivity index (χ3n) is 6.24. The molecule has 1 atom stereocenters. The highest BCUT2D eigenvalue weighted by Gasteiger charge is 2.37. The molecule has 30 heavy (non-hydrogen) atoms. The van der Waals surface area contributed by atoms with Crippen molar-refractivity contribution in [3.8, 4) is 11.5 Å². The first kappa shape index (κ1) is 19.7. The number of benzene rings is 1. The lowest BCUT2D eigenvalue weighted by Crippen LogP contribution is -2.32. The van der Waals surface area contributed by atoms with Gasteiger partial charge in [-0.3, -0.25) is 4.79 Å². The third-order valence-corrected chi connectivity index (χ3v) is 7.17. The highest BCUT2D eigenvalue weighted by Crippen LogP contribution is 2.46. The molecule has 2 heterocycles. The number of rotatable bonds is 8. The molecule has 0 bridgehead atoms. The molecule has 8 heteroatoms. The Morgan fingerprint density at radius 3 is 2.67 bits per heavy atom. The van der Waals surface area contributed by atoms with Gasteiger partial charge in [0.1, 0.15) is 17.3 Å². The van der Waals surface area contributed by atoms with Crippen LogP contribution in [0.25, 0.3) is 0 Å². The summed E-state index contributed by atoms with van der Waals surface area (Å²) in [6, 6.07) is 6.36. The minimum atomic E-state index is 0.0199. The summed E-state index contributed by atoms with van der Waals surface area (Å²) >= 11 is 1.53. The number of hydrogen-bond donors (Lipinski definition) is 0. The summed E-state index contributed by atoms with van der Waals surface area (Å²) in [5.74, 6) is 3.82. The Labute approximate surface area is 181 Å². The van der Waals surface area contributed by atoms with Gasteiger partial charge in [-0.2, -0.15) is 0 Å². The molecule has 2 saturated carbocycles. The molecular weight excluding hydrogens is 400 g/mol. The Kier molecular flexibility index (Phi) is 5.35. The molecule has 0 N–H and O–H groups in total. The van der Waals surface area contributed by atoms with E-state index in [4.69, 9.17) is 9.47 Å². The van der Waals surface area contributed by atoms with E-state index in [2.05, 4.69) is 14.8 Å². The summed E-state index contributed by atoms with van der Waals surface area (Å²) in [7, 11) is 3.33. The van der Waals surface area contributed by atoms with Crippen LogP contribution in [0.2, 0.25) is 0 Å². The lowest BCUT2D eigenvalue weighted by Gasteiger charge is -2.26. The van der Waals surface area contributed by atoms with E-state index >= 15 is 0 Å². The molecule has 1 aromatic carbocycles. The number of nitrogens with zero attached hydrogens (tertiary/aromatic N) is 4. The van der Waals surface area contributed by atoms with Gasteiger partial charge >= 0.3 is 0 Å². The van der Waals surface area contributed by atoms with Crippen molar-refractivity contribution in [3.05, 3.63) is 29.6 Å². The van der Waals surface area contributed by atoms with Crippen LogP contribution in [0.3, 0.4) is 0 Å². The number of hydrogen-bond acceptors (Lipinski definition) is 6. The molecule has 0 spiro atoms. The number of carbonyl (C=O) groups excluding carboxylic acids is 1. The molecule has 1 aliphatic heterocycles. The van der Waals surface area contributed by atoms with Crippen LogP contribution in [-0.4, -0.2) is 52.1 Å². The second-order valence-electron chi connectivity index (χ2n) is 8.36. The van der Waals surface area contributed by atoms with Crippen LogP contribution in [-0.2, 0) is 4.79 Å². The zero-order valence-electron chi connectivity index (χ0n) is 17.5. The first-order valence-corrected chi connectivity index (χ1v) is 11.8. The Hall–Kier alpha value is -2.22. The fourth-order valence-corrected chi connectivity index (χ4v) is 5.28. The molecule has 1 saturated heterocycles. The zero-order chi connectivity index (χ0) is 20.7. The fourth-order valence-electron chi connectivity index (χ4n) is 4.38. The molecule has 3 fully saturated rings. The predicted octanol–water partition coefficient (Wildman–Crippen LogP) is 3.96.